The van der Waals surface area contributed by atoms with Gasteiger partial charge in [-0.25, -0.2) is 13.8 Å². The van der Waals surface area contributed by atoms with Crippen LogP contribution in [0.15, 0.2) is 66.9 Å². The van der Waals surface area contributed by atoms with E-state index in [0.29, 0.717) is 40.6 Å². The van der Waals surface area contributed by atoms with Crippen LogP contribution in [0.3, 0.4) is 0 Å². The standard InChI is InChI=1S/C26H24F2N8O2S/c27-19-6-3-14(10-20(19)28)12-33-25(37)17-2-1-9-31-23(17)32-13-16-5-8-22(39-16)15-4-7-21-18(11-15)24(35-29)36(30)26(38)34-21/h1-11,26,38H,12-13,29-30H2,(H3,31,32,33,34,35,37)/p+1. The Hall–Kier alpha value is -4.59. The monoisotopic (exact) mass is 551 g/mol. The van der Waals surface area contributed by atoms with E-state index in [4.69, 9.17) is 11.7 Å². The summed E-state index contributed by atoms with van der Waals surface area (Å²) in [4.78, 5) is 19.1. The summed E-state index contributed by atoms with van der Waals surface area (Å²) >= 11 is 1.56. The quantitative estimate of drug-likeness (QED) is 0.105. The van der Waals surface area contributed by atoms with Gasteiger partial charge in [-0.3, -0.25) is 10.6 Å². The lowest BCUT2D eigenvalue weighted by molar-refractivity contribution is -0.614. The molecule has 200 valence electrons. The number of hydrogen-bond donors (Lipinski definition) is 7. The zero-order valence-electron chi connectivity index (χ0n) is 20.4. The molecule has 0 spiro atoms. The minimum Gasteiger partial charge on any atom is -0.365 e. The second kappa shape index (κ2) is 11.0. The maximum absolute atomic E-state index is 13.5. The largest absolute Gasteiger partial charge is 0.365 e. The van der Waals surface area contributed by atoms with Gasteiger partial charge in [0.25, 0.3) is 12.3 Å². The number of carbonyl (C=O) groups is 1. The normalized spacial score (nSPS) is 14.4. The van der Waals surface area contributed by atoms with Crippen molar-refractivity contribution in [3.8, 4) is 10.4 Å². The fourth-order valence-electron chi connectivity index (χ4n) is 4.10. The number of thiophene rings is 1. The van der Waals surface area contributed by atoms with Gasteiger partial charge in [0.15, 0.2) is 11.6 Å². The first-order valence-corrected chi connectivity index (χ1v) is 12.6. The number of nitrogens with one attached hydrogen (secondary N) is 4. The molecule has 2 aromatic carbocycles. The van der Waals surface area contributed by atoms with Crippen molar-refractivity contribution in [3.05, 3.63) is 100 Å². The molecule has 1 unspecified atom stereocenters. The van der Waals surface area contributed by atoms with E-state index in [1.165, 1.54) is 6.07 Å². The van der Waals surface area contributed by atoms with Crippen LogP contribution in [0.2, 0.25) is 0 Å². The highest BCUT2D eigenvalue weighted by molar-refractivity contribution is 7.15. The summed E-state index contributed by atoms with van der Waals surface area (Å²) in [6, 6.07) is 16.4. The smallest absolute Gasteiger partial charge is 0.324 e. The fourth-order valence-corrected chi connectivity index (χ4v) is 5.04. The lowest BCUT2D eigenvalue weighted by Gasteiger charge is -2.22. The number of pyridine rings is 1. The molecule has 1 aliphatic rings. The minimum atomic E-state index is -1.11. The lowest BCUT2D eigenvalue weighted by atomic mass is 10.1. The van der Waals surface area contributed by atoms with Gasteiger partial charge in [0.1, 0.15) is 5.82 Å². The fraction of sp³-hybridized carbons (Fsp3) is 0.115. The van der Waals surface area contributed by atoms with Crippen LogP contribution in [0, 0.1) is 11.6 Å². The van der Waals surface area contributed by atoms with Crippen molar-refractivity contribution in [2.75, 3.05) is 10.6 Å². The highest BCUT2D eigenvalue weighted by Crippen LogP contribution is 2.32. The molecule has 0 fully saturated rings. The summed E-state index contributed by atoms with van der Waals surface area (Å²) in [5.74, 6) is 10.00. The van der Waals surface area contributed by atoms with Gasteiger partial charge in [0.2, 0.25) is 0 Å². The molecule has 4 aromatic rings. The average molecular weight is 552 g/mol. The van der Waals surface area contributed by atoms with Crippen LogP contribution in [-0.2, 0) is 13.1 Å². The number of carbonyl (C=O) groups excluding carboxylic acids is 1. The van der Waals surface area contributed by atoms with Crippen LogP contribution in [0.4, 0.5) is 20.3 Å². The summed E-state index contributed by atoms with van der Waals surface area (Å²) in [6.07, 6.45) is 0.463. The molecule has 1 aliphatic heterocycles. The Morgan fingerprint density at radius 1 is 1.10 bits per heavy atom. The van der Waals surface area contributed by atoms with Crippen molar-refractivity contribution in [3.63, 3.8) is 0 Å². The molecular formula is C26H25F2N8O2S+. The molecule has 0 radical (unpaired) electrons. The predicted octanol–water partition coefficient (Wildman–Crippen LogP) is 2.43. The Morgan fingerprint density at radius 3 is 2.74 bits per heavy atom. The number of halogens is 2. The first-order valence-electron chi connectivity index (χ1n) is 11.8. The number of nitrogens with two attached hydrogens (primary N) is 2. The summed E-state index contributed by atoms with van der Waals surface area (Å²) in [5.41, 5.74) is 5.63. The molecule has 5 rings (SSSR count). The summed E-state index contributed by atoms with van der Waals surface area (Å²) in [5, 5.41) is 18.8. The maximum atomic E-state index is 13.5. The molecule has 3 heterocycles. The van der Waals surface area contributed by atoms with Crippen LogP contribution in [0.1, 0.15) is 26.4 Å². The molecule has 0 aliphatic carbocycles. The van der Waals surface area contributed by atoms with E-state index in [9.17, 15) is 18.7 Å². The number of hydrogen-bond acceptors (Lipinski definition) is 9. The van der Waals surface area contributed by atoms with Gasteiger partial charge in [0, 0.05) is 22.5 Å². The van der Waals surface area contributed by atoms with E-state index in [0.717, 1.165) is 32.1 Å². The van der Waals surface area contributed by atoms with Crippen LogP contribution < -0.4 is 33.1 Å². The third-order valence-corrected chi connectivity index (χ3v) is 7.22. The SMILES string of the molecule is NNC1=[N+](N)C(O)Nc2ccc(-c3ccc(CNc4ncccc4C(=O)NCc4ccc(F)c(F)c4)s3)cc21. The van der Waals surface area contributed by atoms with Crippen molar-refractivity contribution in [2.45, 2.75) is 19.4 Å². The number of hydrazine groups is 2. The molecule has 13 heteroatoms. The van der Waals surface area contributed by atoms with Gasteiger partial charge < -0.3 is 21.1 Å². The van der Waals surface area contributed by atoms with Crippen LogP contribution in [0.25, 0.3) is 10.4 Å². The molecule has 1 atom stereocenters. The molecular weight excluding hydrogens is 526 g/mol. The van der Waals surface area contributed by atoms with E-state index in [1.807, 2.05) is 30.3 Å². The number of aliphatic hydroxyl groups excluding tert-OH is 1. The Kier molecular flexibility index (Phi) is 7.36. The highest BCUT2D eigenvalue weighted by Gasteiger charge is 2.29. The Morgan fingerprint density at radius 2 is 1.95 bits per heavy atom. The third-order valence-electron chi connectivity index (χ3n) is 6.08. The highest BCUT2D eigenvalue weighted by atomic mass is 32.1. The predicted molar refractivity (Wildman–Crippen MR) is 144 cm³/mol. The van der Waals surface area contributed by atoms with Gasteiger partial charge in [-0.2, -0.15) is 11.3 Å². The zero-order chi connectivity index (χ0) is 27.5. The summed E-state index contributed by atoms with van der Waals surface area (Å²) in [6.45, 7) is 0.455. The van der Waals surface area contributed by atoms with Crippen molar-refractivity contribution in [1.82, 2.24) is 15.7 Å². The van der Waals surface area contributed by atoms with E-state index >= 15 is 0 Å². The number of benzene rings is 2. The molecule has 39 heavy (non-hydrogen) atoms. The van der Waals surface area contributed by atoms with Gasteiger partial charge in [-0.15, -0.1) is 16.0 Å². The van der Waals surface area contributed by atoms with Crippen molar-refractivity contribution < 1.29 is 23.4 Å². The van der Waals surface area contributed by atoms with E-state index in [-0.39, 0.29) is 6.54 Å². The molecule has 10 nitrogen and oxygen atoms in total. The number of anilines is 2. The summed E-state index contributed by atoms with van der Waals surface area (Å²) < 4.78 is 27.7. The van der Waals surface area contributed by atoms with Crippen molar-refractivity contribution >= 4 is 34.6 Å². The molecule has 0 bridgehead atoms. The maximum Gasteiger partial charge on any atom is 0.324 e. The number of nitrogens with zero attached hydrogens (tertiary/aromatic N) is 2. The van der Waals surface area contributed by atoms with E-state index in [2.05, 4.69) is 26.4 Å². The summed E-state index contributed by atoms with van der Waals surface area (Å²) in [7, 11) is 0. The third kappa shape index (κ3) is 5.50. The molecule has 1 amide bonds. The Labute approximate surface area is 225 Å². The number of amidine groups is 1. The van der Waals surface area contributed by atoms with Crippen molar-refractivity contribution in [1.29, 1.82) is 0 Å². The van der Waals surface area contributed by atoms with Gasteiger partial charge in [-0.1, -0.05) is 12.1 Å². The number of aliphatic hydroxyl groups is 1. The molecule has 0 saturated carbocycles. The minimum absolute atomic E-state index is 0.0364. The van der Waals surface area contributed by atoms with E-state index < -0.39 is 23.9 Å². The van der Waals surface area contributed by atoms with Crippen LogP contribution in [-0.4, -0.2) is 32.9 Å². The number of aromatic nitrogens is 1. The molecule has 2 aromatic heterocycles. The first-order chi connectivity index (χ1) is 18.8. The van der Waals surface area contributed by atoms with Crippen LogP contribution >= 0.6 is 11.3 Å². The van der Waals surface area contributed by atoms with Gasteiger partial charge >= 0.3 is 5.84 Å². The number of amides is 1. The second-order valence-electron chi connectivity index (χ2n) is 8.63. The van der Waals surface area contributed by atoms with E-state index in [1.54, 1.807) is 29.7 Å². The number of fused-ring (bicyclic) bond motifs is 1. The number of hydrazone groups is 1. The average Bonchev–Trinajstić information content (AvgIpc) is 3.42. The Bertz CT molecular complexity index is 1580. The van der Waals surface area contributed by atoms with Gasteiger partial charge in [0.05, 0.1) is 23.4 Å². The first kappa shape index (κ1) is 26.0. The Balaban J connectivity index is 1.27. The molecule has 9 N–H and O–H groups in total. The number of rotatable bonds is 7. The zero-order valence-corrected chi connectivity index (χ0v) is 21.2. The topological polar surface area (TPSA) is 153 Å². The van der Waals surface area contributed by atoms with Crippen molar-refractivity contribution in [2.24, 2.45) is 11.7 Å². The lowest BCUT2D eigenvalue weighted by Crippen LogP contribution is -2.52. The van der Waals surface area contributed by atoms with Gasteiger partial charge in [-0.05, 0) is 59.7 Å². The second-order valence-corrected chi connectivity index (χ2v) is 9.80. The van der Waals surface area contributed by atoms with Crippen LogP contribution in [0.5, 0.6) is 0 Å². The molecule has 0 saturated heterocycles.